The zero-order valence-electron chi connectivity index (χ0n) is 15.7. The third kappa shape index (κ3) is 4.37. The molecule has 0 aliphatic heterocycles. The van der Waals surface area contributed by atoms with E-state index < -0.39 is 6.09 Å². The van der Waals surface area contributed by atoms with Gasteiger partial charge in [-0.2, -0.15) is 0 Å². The van der Waals surface area contributed by atoms with Crippen molar-refractivity contribution in [2.45, 2.75) is 44.9 Å². The molecule has 4 N–H and O–H groups in total. The van der Waals surface area contributed by atoms with Gasteiger partial charge in [0.2, 0.25) is 0 Å². The van der Waals surface area contributed by atoms with E-state index in [9.17, 15) is 9.59 Å². The molecule has 0 aromatic heterocycles. The fourth-order valence-electron chi connectivity index (χ4n) is 6.07. The van der Waals surface area contributed by atoms with Crippen LogP contribution in [-0.4, -0.2) is 30.3 Å². The van der Waals surface area contributed by atoms with E-state index >= 15 is 0 Å². The average Bonchev–Trinajstić information content (AvgIpc) is 2.59. The van der Waals surface area contributed by atoms with Crippen LogP contribution in [0.1, 0.15) is 44.1 Å². The van der Waals surface area contributed by atoms with Crippen molar-refractivity contribution in [3.63, 3.8) is 0 Å². The molecule has 4 saturated carbocycles. The van der Waals surface area contributed by atoms with E-state index in [1.807, 2.05) is 24.3 Å². The standard InChI is InChI=1S/C21H29N3O3/c25-19(24-18-3-1-2-14(9-18)4-5-22-20(26)27)23-13-21-10-15-6-16(11-21)8-17(7-15)12-21/h1-3,9,15-17,22H,4-8,10-13H2,(H,26,27)(H2,23,24,25). The fourth-order valence-corrected chi connectivity index (χ4v) is 6.07. The molecule has 0 atom stereocenters. The van der Waals surface area contributed by atoms with Gasteiger partial charge in [-0.25, -0.2) is 9.59 Å². The third-order valence-electron chi connectivity index (χ3n) is 6.66. The van der Waals surface area contributed by atoms with E-state index in [1.54, 1.807) is 0 Å². The molecular formula is C21H29N3O3. The molecule has 0 unspecified atom stereocenters. The van der Waals surface area contributed by atoms with E-state index in [1.165, 1.54) is 38.5 Å². The average molecular weight is 371 g/mol. The third-order valence-corrected chi connectivity index (χ3v) is 6.66. The maximum absolute atomic E-state index is 12.4. The van der Waals surface area contributed by atoms with Crippen LogP contribution < -0.4 is 16.0 Å². The summed E-state index contributed by atoms with van der Waals surface area (Å²) in [6.07, 6.45) is 7.66. The summed E-state index contributed by atoms with van der Waals surface area (Å²) < 4.78 is 0. The number of nitrogens with one attached hydrogen (secondary N) is 3. The number of anilines is 1. The van der Waals surface area contributed by atoms with Crippen LogP contribution in [0.15, 0.2) is 24.3 Å². The summed E-state index contributed by atoms with van der Waals surface area (Å²) >= 11 is 0. The van der Waals surface area contributed by atoms with Crippen LogP contribution in [-0.2, 0) is 6.42 Å². The molecule has 5 rings (SSSR count). The molecule has 0 heterocycles. The lowest BCUT2D eigenvalue weighted by Crippen LogP contribution is -2.51. The lowest BCUT2D eigenvalue weighted by Gasteiger charge is -2.56. The van der Waals surface area contributed by atoms with Gasteiger partial charge in [0.25, 0.3) is 0 Å². The molecular weight excluding hydrogens is 342 g/mol. The number of benzene rings is 1. The van der Waals surface area contributed by atoms with Crippen LogP contribution in [0.4, 0.5) is 15.3 Å². The minimum atomic E-state index is -1.02. The summed E-state index contributed by atoms with van der Waals surface area (Å²) in [6, 6.07) is 7.42. The molecule has 0 radical (unpaired) electrons. The quantitative estimate of drug-likeness (QED) is 0.612. The molecule has 1 aromatic rings. The number of carbonyl (C=O) groups is 2. The SMILES string of the molecule is O=C(O)NCCc1cccc(NC(=O)NCC23CC4CC(CC(C4)C2)C3)c1. The topological polar surface area (TPSA) is 90.5 Å². The molecule has 6 nitrogen and oxygen atoms in total. The van der Waals surface area contributed by atoms with Gasteiger partial charge in [-0.3, -0.25) is 0 Å². The second-order valence-corrected chi connectivity index (χ2v) is 8.91. The van der Waals surface area contributed by atoms with Gasteiger partial charge < -0.3 is 21.1 Å². The Labute approximate surface area is 160 Å². The van der Waals surface area contributed by atoms with E-state index in [2.05, 4.69) is 16.0 Å². The van der Waals surface area contributed by atoms with E-state index in [4.69, 9.17) is 5.11 Å². The molecule has 0 saturated heterocycles. The Morgan fingerprint density at radius 3 is 2.33 bits per heavy atom. The van der Waals surface area contributed by atoms with Gasteiger partial charge in [0.15, 0.2) is 0 Å². The first-order chi connectivity index (χ1) is 13.0. The van der Waals surface area contributed by atoms with Gasteiger partial charge in [-0.1, -0.05) is 12.1 Å². The molecule has 6 heteroatoms. The largest absolute Gasteiger partial charge is 0.465 e. The molecule has 0 spiro atoms. The van der Waals surface area contributed by atoms with Crippen LogP contribution in [0.5, 0.6) is 0 Å². The summed E-state index contributed by atoms with van der Waals surface area (Å²) in [5.74, 6) is 2.66. The first-order valence-corrected chi connectivity index (χ1v) is 10.1. The Bertz CT molecular complexity index is 683. The second kappa shape index (κ2) is 7.41. The van der Waals surface area contributed by atoms with Crippen molar-refractivity contribution < 1.29 is 14.7 Å². The summed E-state index contributed by atoms with van der Waals surface area (Å²) in [5.41, 5.74) is 2.06. The maximum Gasteiger partial charge on any atom is 0.404 e. The molecule has 4 fully saturated rings. The first kappa shape index (κ1) is 18.1. The highest BCUT2D eigenvalue weighted by molar-refractivity contribution is 5.89. The Morgan fingerprint density at radius 2 is 1.70 bits per heavy atom. The van der Waals surface area contributed by atoms with Gasteiger partial charge in [-0.05, 0) is 85.8 Å². The Balaban J connectivity index is 1.28. The zero-order chi connectivity index (χ0) is 18.9. The number of rotatable bonds is 6. The van der Waals surface area contributed by atoms with Gasteiger partial charge in [0.05, 0.1) is 0 Å². The molecule has 1 aromatic carbocycles. The molecule has 4 aliphatic rings. The zero-order valence-corrected chi connectivity index (χ0v) is 15.7. The number of amides is 3. The Kier molecular flexibility index (Phi) is 4.98. The number of urea groups is 1. The highest BCUT2D eigenvalue weighted by Crippen LogP contribution is 2.59. The minimum Gasteiger partial charge on any atom is -0.465 e. The normalized spacial score (nSPS) is 30.7. The first-order valence-electron chi connectivity index (χ1n) is 10.1. The van der Waals surface area contributed by atoms with Gasteiger partial charge in [0, 0.05) is 18.8 Å². The smallest absolute Gasteiger partial charge is 0.404 e. The summed E-state index contributed by atoms with van der Waals surface area (Å²) in [7, 11) is 0. The molecule has 3 amide bonds. The summed E-state index contributed by atoms with van der Waals surface area (Å²) in [4.78, 5) is 22.9. The highest BCUT2D eigenvalue weighted by atomic mass is 16.4. The Morgan fingerprint density at radius 1 is 1.04 bits per heavy atom. The molecule has 4 bridgehead atoms. The number of carbonyl (C=O) groups excluding carboxylic acids is 1. The number of hydrogen-bond acceptors (Lipinski definition) is 2. The van der Waals surface area contributed by atoms with Crippen LogP contribution in [0.3, 0.4) is 0 Å². The fraction of sp³-hybridized carbons (Fsp3) is 0.619. The monoisotopic (exact) mass is 371 g/mol. The van der Waals surface area contributed by atoms with E-state index in [0.717, 1.165) is 35.5 Å². The predicted octanol–water partition coefficient (Wildman–Crippen LogP) is 3.83. The van der Waals surface area contributed by atoms with Crippen molar-refractivity contribution in [2.24, 2.45) is 23.2 Å². The van der Waals surface area contributed by atoms with Crippen molar-refractivity contribution in [1.29, 1.82) is 0 Å². The van der Waals surface area contributed by atoms with Crippen LogP contribution >= 0.6 is 0 Å². The van der Waals surface area contributed by atoms with Crippen molar-refractivity contribution in [3.05, 3.63) is 29.8 Å². The number of carboxylic acid groups (broad SMARTS) is 1. The van der Waals surface area contributed by atoms with E-state index in [-0.39, 0.29) is 6.03 Å². The Hall–Kier alpha value is -2.24. The van der Waals surface area contributed by atoms with Crippen LogP contribution in [0.25, 0.3) is 0 Å². The second-order valence-electron chi connectivity index (χ2n) is 8.91. The lowest BCUT2D eigenvalue weighted by atomic mass is 9.49. The van der Waals surface area contributed by atoms with Crippen molar-refractivity contribution in [1.82, 2.24) is 10.6 Å². The van der Waals surface area contributed by atoms with Gasteiger partial charge in [-0.15, -0.1) is 0 Å². The molecule has 146 valence electrons. The predicted molar refractivity (Wildman–Crippen MR) is 104 cm³/mol. The summed E-state index contributed by atoms with van der Waals surface area (Å²) in [5, 5.41) is 17.0. The minimum absolute atomic E-state index is 0.147. The maximum atomic E-state index is 12.4. The molecule has 27 heavy (non-hydrogen) atoms. The molecule has 4 aliphatic carbocycles. The van der Waals surface area contributed by atoms with Crippen LogP contribution in [0.2, 0.25) is 0 Å². The van der Waals surface area contributed by atoms with Crippen molar-refractivity contribution in [3.8, 4) is 0 Å². The lowest BCUT2D eigenvalue weighted by molar-refractivity contribution is -0.0496. The number of hydrogen-bond donors (Lipinski definition) is 4. The van der Waals surface area contributed by atoms with Gasteiger partial charge >= 0.3 is 12.1 Å². The van der Waals surface area contributed by atoms with Gasteiger partial charge in [0.1, 0.15) is 0 Å². The summed E-state index contributed by atoms with van der Waals surface area (Å²) in [6.45, 7) is 1.14. The van der Waals surface area contributed by atoms with E-state index in [0.29, 0.717) is 18.4 Å². The van der Waals surface area contributed by atoms with Crippen LogP contribution in [0, 0.1) is 23.2 Å². The highest BCUT2D eigenvalue weighted by Gasteiger charge is 2.50. The van der Waals surface area contributed by atoms with Crippen molar-refractivity contribution >= 4 is 17.8 Å². The van der Waals surface area contributed by atoms with Crippen molar-refractivity contribution in [2.75, 3.05) is 18.4 Å².